The fourth-order valence-electron chi connectivity index (χ4n) is 2.27. The summed E-state index contributed by atoms with van der Waals surface area (Å²) in [6.07, 6.45) is 1.91. The predicted molar refractivity (Wildman–Crippen MR) is 81.0 cm³/mol. The van der Waals surface area contributed by atoms with Crippen LogP contribution in [0.2, 0.25) is 0 Å². The van der Waals surface area contributed by atoms with Crippen molar-refractivity contribution in [2.45, 2.75) is 33.6 Å². The molecule has 1 aromatic carbocycles. The number of halogens is 1. The normalized spacial score (nSPS) is 10.8. The molecule has 0 aliphatic rings. The SMILES string of the molecule is CCCc1cc(NCC)c2cc(OCC)c(F)cc2n1. The molecular weight excluding hydrogens is 255 g/mol. The third-order valence-electron chi connectivity index (χ3n) is 3.09. The fourth-order valence-corrected chi connectivity index (χ4v) is 2.27. The van der Waals surface area contributed by atoms with E-state index in [2.05, 4.69) is 17.2 Å². The van der Waals surface area contributed by atoms with E-state index >= 15 is 0 Å². The number of rotatable bonds is 6. The van der Waals surface area contributed by atoms with Gasteiger partial charge in [0.1, 0.15) is 0 Å². The number of benzene rings is 1. The molecule has 0 aliphatic carbocycles. The minimum absolute atomic E-state index is 0.282. The summed E-state index contributed by atoms with van der Waals surface area (Å²) in [5, 5.41) is 4.22. The van der Waals surface area contributed by atoms with E-state index in [1.54, 1.807) is 6.07 Å². The van der Waals surface area contributed by atoms with Crippen molar-refractivity contribution in [3.05, 3.63) is 29.7 Å². The van der Waals surface area contributed by atoms with E-state index in [9.17, 15) is 4.39 Å². The average Bonchev–Trinajstić information content (AvgIpc) is 2.41. The molecule has 0 atom stereocenters. The van der Waals surface area contributed by atoms with Gasteiger partial charge in [-0.1, -0.05) is 13.3 Å². The second-order valence-corrected chi connectivity index (χ2v) is 4.67. The van der Waals surface area contributed by atoms with Crippen molar-refractivity contribution in [3.8, 4) is 5.75 Å². The van der Waals surface area contributed by atoms with Crippen LogP contribution in [0, 0.1) is 5.82 Å². The number of fused-ring (bicyclic) bond motifs is 1. The molecule has 108 valence electrons. The predicted octanol–water partition coefficient (Wildman–Crippen LogP) is 4.16. The van der Waals surface area contributed by atoms with Gasteiger partial charge in [0.05, 0.1) is 12.1 Å². The van der Waals surface area contributed by atoms with Gasteiger partial charge in [0.15, 0.2) is 11.6 Å². The van der Waals surface area contributed by atoms with Gasteiger partial charge in [0.2, 0.25) is 0 Å². The van der Waals surface area contributed by atoms with E-state index in [1.165, 1.54) is 6.07 Å². The van der Waals surface area contributed by atoms with Crippen LogP contribution in [0.4, 0.5) is 10.1 Å². The molecule has 0 fully saturated rings. The number of anilines is 1. The van der Waals surface area contributed by atoms with Gasteiger partial charge in [-0.3, -0.25) is 4.98 Å². The zero-order valence-electron chi connectivity index (χ0n) is 12.3. The Hall–Kier alpha value is -1.84. The van der Waals surface area contributed by atoms with Crippen molar-refractivity contribution in [3.63, 3.8) is 0 Å². The summed E-state index contributed by atoms with van der Waals surface area (Å²) in [6.45, 7) is 7.25. The Balaban J connectivity index is 2.59. The molecule has 0 bridgehead atoms. The molecule has 1 heterocycles. The second-order valence-electron chi connectivity index (χ2n) is 4.67. The highest BCUT2D eigenvalue weighted by Crippen LogP contribution is 2.30. The lowest BCUT2D eigenvalue weighted by molar-refractivity contribution is 0.322. The molecule has 2 aromatic rings. The van der Waals surface area contributed by atoms with Crippen molar-refractivity contribution >= 4 is 16.6 Å². The van der Waals surface area contributed by atoms with Crippen molar-refractivity contribution in [1.29, 1.82) is 0 Å². The zero-order chi connectivity index (χ0) is 14.5. The summed E-state index contributed by atoms with van der Waals surface area (Å²) in [5.41, 5.74) is 2.65. The van der Waals surface area contributed by atoms with Crippen LogP contribution < -0.4 is 10.1 Å². The van der Waals surface area contributed by atoms with Crippen LogP contribution in [-0.2, 0) is 6.42 Å². The maximum atomic E-state index is 14.0. The Morgan fingerprint density at radius 1 is 1.20 bits per heavy atom. The first-order chi connectivity index (χ1) is 9.69. The summed E-state index contributed by atoms with van der Waals surface area (Å²) in [7, 11) is 0. The number of nitrogens with one attached hydrogen (secondary N) is 1. The first-order valence-corrected chi connectivity index (χ1v) is 7.19. The highest BCUT2D eigenvalue weighted by atomic mass is 19.1. The van der Waals surface area contributed by atoms with Crippen LogP contribution in [0.3, 0.4) is 0 Å². The van der Waals surface area contributed by atoms with Crippen LogP contribution in [0.1, 0.15) is 32.9 Å². The number of hydrogen-bond donors (Lipinski definition) is 1. The average molecular weight is 276 g/mol. The molecule has 1 N–H and O–H groups in total. The Morgan fingerprint density at radius 2 is 2.00 bits per heavy atom. The van der Waals surface area contributed by atoms with Gasteiger partial charge in [-0.15, -0.1) is 0 Å². The molecule has 2 rings (SSSR count). The third kappa shape index (κ3) is 3.00. The van der Waals surface area contributed by atoms with E-state index in [-0.39, 0.29) is 11.6 Å². The molecule has 20 heavy (non-hydrogen) atoms. The second kappa shape index (κ2) is 6.55. The van der Waals surface area contributed by atoms with E-state index in [4.69, 9.17) is 4.74 Å². The number of nitrogens with zero attached hydrogens (tertiary/aromatic N) is 1. The van der Waals surface area contributed by atoms with Gasteiger partial charge < -0.3 is 10.1 Å². The van der Waals surface area contributed by atoms with Gasteiger partial charge >= 0.3 is 0 Å². The Bertz CT molecular complexity index is 599. The molecule has 3 nitrogen and oxygen atoms in total. The molecule has 0 spiro atoms. The highest BCUT2D eigenvalue weighted by Gasteiger charge is 2.11. The Kier molecular flexibility index (Phi) is 4.77. The molecule has 0 amide bonds. The first-order valence-electron chi connectivity index (χ1n) is 7.19. The number of hydrogen-bond acceptors (Lipinski definition) is 3. The number of pyridine rings is 1. The monoisotopic (exact) mass is 276 g/mol. The summed E-state index contributed by atoms with van der Waals surface area (Å²) >= 11 is 0. The molecular formula is C16H21FN2O. The maximum Gasteiger partial charge on any atom is 0.167 e. The third-order valence-corrected chi connectivity index (χ3v) is 3.09. The van der Waals surface area contributed by atoms with Crippen molar-refractivity contribution < 1.29 is 9.13 Å². The molecule has 0 saturated carbocycles. The van der Waals surface area contributed by atoms with Crippen molar-refractivity contribution in [2.75, 3.05) is 18.5 Å². The molecule has 4 heteroatoms. The van der Waals surface area contributed by atoms with Crippen LogP contribution in [0.15, 0.2) is 18.2 Å². The Morgan fingerprint density at radius 3 is 2.65 bits per heavy atom. The van der Waals surface area contributed by atoms with Gasteiger partial charge in [-0.05, 0) is 32.4 Å². The summed E-state index contributed by atoms with van der Waals surface area (Å²) in [5.74, 6) is -0.0767. The van der Waals surface area contributed by atoms with Crippen LogP contribution in [0.5, 0.6) is 5.75 Å². The minimum atomic E-state index is -0.358. The molecule has 0 saturated heterocycles. The van der Waals surface area contributed by atoms with Gasteiger partial charge in [0, 0.05) is 29.4 Å². The van der Waals surface area contributed by atoms with E-state index in [0.29, 0.717) is 12.1 Å². The van der Waals surface area contributed by atoms with Crippen LogP contribution >= 0.6 is 0 Å². The maximum absolute atomic E-state index is 14.0. The molecule has 1 aromatic heterocycles. The lowest BCUT2D eigenvalue weighted by atomic mass is 10.1. The quantitative estimate of drug-likeness (QED) is 0.860. The standard InChI is InChI=1S/C16H21FN2O/c1-4-7-11-8-14(18-5-2)12-9-16(20-6-3)13(17)10-15(12)19-11/h8-10H,4-7H2,1-3H3,(H,18,19). The Labute approximate surface area is 119 Å². The zero-order valence-corrected chi connectivity index (χ0v) is 12.3. The van der Waals surface area contributed by atoms with Gasteiger partial charge in [-0.25, -0.2) is 4.39 Å². The van der Waals surface area contributed by atoms with Gasteiger partial charge in [-0.2, -0.15) is 0 Å². The lowest BCUT2D eigenvalue weighted by Crippen LogP contribution is -2.02. The van der Waals surface area contributed by atoms with Crippen molar-refractivity contribution in [2.24, 2.45) is 0 Å². The highest BCUT2D eigenvalue weighted by molar-refractivity contribution is 5.92. The van der Waals surface area contributed by atoms with E-state index < -0.39 is 0 Å². The number of ether oxygens (including phenoxy) is 1. The van der Waals surface area contributed by atoms with Crippen LogP contribution in [-0.4, -0.2) is 18.1 Å². The van der Waals surface area contributed by atoms with E-state index in [1.807, 2.05) is 19.9 Å². The summed E-state index contributed by atoms with van der Waals surface area (Å²) in [6, 6.07) is 5.23. The summed E-state index contributed by atoms with van der Waals surface area (Å²) in [4.78, 5) is 4.53. The molecule has 0 unspecified atom stereocenters. The number of aromatic nitrogens is 1. The van der Waals surface area contributed by atoms with Crippen molar-refractivity contribution in [1.82, 2.24) is 4.98 Å². The summed E-state index contributed by atoms with van der Waals surface area (Å²) < 4.78 is 19.3. The lowest BCUT2D eigenvalue weighted by Gasteiger charge is -2.12. The number of aryl methyl sites for hydroxylation is 1. The fraction of sp³-hybridized carbons (Fsp3) is 0.438. The van der Waals surface area contributed by atoms with E-state index in [0.717, 1.165) is 36.2 Å². The largest absolute Gasteiger partial charge is 0.491 e. The molecule has 0 aliphatic heterocycles. The first kappa shape index (κ1) is 14.6. The topological polar surface area (TPSA) is 34.1 Å². The van der Waals surface area contributed by atoms with Crippen LogP contribution in [0.25, 0.3) is 10.9 Å². The smallest absolute Gasteiger partial charge is 0.167 e. The molecule has 0 radical (unpaired) electrons. The minimum Gasteiger partial charge on any atom is -0.491 e. The van der Waals surface area contributed by atoms with Gasteiger partial charge in [0.25, 0.3) is 0 Å².